The molecule has 2 fully saturated rings. The molecule has 2 atom stereocenters. The van der Waals surface area contributed by atoms with Gasteiger partial charge in [-0.05, 0) is 58.0 Å². The summed E-state index contributed by atoms with van der Waals surface area (Å²) >= 11 is 0. The largest absolute Gasteiger partial charge is 0.439 e. The molecule has 2 bridgehead atoms. The van der Waals surface area contributed by atoms with E-state index in [9.17, 15) is 4.79 Å². The highest BCUT2D eigenvalue weighted by atomic mass is 35.5. The smallest absolute Gasteiger partial charge is 0.253 e. The summed E-state index contributed by atoms with van der Waals surface area (Å²) in [5, 5.41) is 3.29. The van der Waals surface area contributed by atoms with Gasteiger partial charge in [-0.15, -0.1) is 12.4 Å². The molecule has 4 rings (SSSR count). The van der Waals surface area contributed by atoms with E-state index in [0.717, 1.165) is 25.9 Å². The van der Waals surface area contributed by atoms with Gasteiger partial charge in [-0.1, -0.05) is 26.3 Å². The van der Waals surface area contributed by atoms with Crippen LogP contribution in [0, 0.1) is 0 Å². The highest BCUT2D eigenvalue weighted by molar-refractivity contribution is 6.04. The van der Waals surface area contributed by atoms with Crippen molar-refractivity contribution in [3.8, 4) is 0 Å². The number of piperidine rings is 2. The fourth-order valence-corrected chi connectivity index (χ4v) is 4.88. The second-order valence-corrected chi connectivity index (χ2v) is 8.27. The van der Waals surface area contributed by atoms with Gasteiger partial charge in [-0.25, -0.2) is 4.98 Å². The normalized spacial score (nSPS) is 24.5. The van der Waals surface area contributed by atoms with Gasteiger partial charge in [0.15, 0.2) is 5.58 Å². The monoisotopic (exact) mass is 420 g/mol. The number of amides is 1. The molecular weight excluding hydrogens is 388 g/mol. The lowest BCUT2D eigenvalue weighted by Gasteiger charge is -2.47. The Labute approximate surface area is 179 Å². The van der Waals surface area contributed by atoms with Gasteiger partial charge >= 0.3 is 0 Å². The number of carbonyl (C=O) groups is 1. The number of oxazole rings is 1. The number of benzene rings is 1. The molecule has 2 aliphatic rings. The van der Waals surface area contributed by atoms with Crippen molar-refractivity contribution in [2.75, 3.05) is 20.1 Å². The third-order valence-electron chi connectivity index (χ3n) is 6.64. The molecule has 6 nitrogen and oxygen atoms in total. The quantitative estimate of drug-likeness (QED) is 0.769. The first-order valence-electron chi connectivity index (χ1n) is 10.7. The van der Waals surface area contributed by atoms with E-state index < -0.39 is 0 Å². The van der Waals surface area contributed by atoms with Crippen LogP contribution in [-0.2, 0) is 6.54 Å². The van der Waals surface area contributed by atoms with E-state index in [1.165, 1.54) is 19.3 Å². The van der Waals surface area contributed by atoms with E-state index in [1.54, 1.807) is 0 Å². The summed E-state index contributed by atoms with van der Waals surface area (Å²) in [5.74, 6) is 0.647. The van der Waals surface area contributed by atoms with Crippen molar-refractivity contribution in [1.82, 2.24) is 20.1 Å². The lowest BCUT2D eigenvalue weighted by Crippen LogP contribution is -2.55. The maximum atomic E-state index is 13.1. The predicted molar refractivity (Wildman–Crippen MR) is 118 cm³/mol. The fraction of sp³-hybridized carbons (Fsp3) is 0.636. The van der Waals surface area contributed by atoms with Crippen molar-refractivity contribution >= 4 is 29.4 Å². The van der Waals surface area contributed by atoms with Gasteiger partial charge in [0.2, 0.25) is 5.89 Å². The molecule has 1 aromatic heterocycles. The predicted octanol–water partition coefficient (Wildman–Crippen LogP) is 3.84. The van der Waals surface area contributed by atoms with Crippen molar-refractivity contribution in [2.45, 2.75) is 70.6 Å². The summed E-state index contributed by atoms with van der Waals surface area (Å²) in [5.41, 5.74) is 1.99. The Kier molecular flexibility index (Phi) is 7.19. The number of rotatable bonds is 6. The highest BCUT2D eigenvalue weighted by Gasteiger charge is 2.36. The highest BCUT2D eigenvalue weighted by Crippen LogP contribution is 2.33. The van der Waals surface area contributed by atoms with Gasteiger partial charge in [0.05, 0.1) is 12.1 Å². The minimum absolute atomic E-state index is 0. The van der Waals surface area contributed by atoms with Crippen molar-refractivity contribution in [1.29, 1.82) is 0 Å². The summed E-state index contributed by atoms with van der Waals surface area (Å²) in [6, 6.07) is 7.08. The van der Waals surface area contributed by atoms with E-state index in [1.807, 2.05) is 18.2 Å². The Bertz CT molecular complexity index is 821. The van der Waals surface area contributed by atoms with Crippen molar-refractivity contribution < 1.29 is 9.21 Å². The molecule has 0 spiro atoms. The van der Waals surface area contributed by atoms with Gasteiger partial charge < -0.3 is 14.6 Å². The zero-order valence-corrected chi connectivity index (χ0v) is 18.5. The van der Waals surface area contributed by atoms with E-state index in [4.69, 9.17) is 4.42 Å². The number of aromatic nitrogens is 1. The van der Waals surface area contributed by atoms with Crippen LogP contribution in [0.5, 0.6) is 0 Å². The van der Waals surface area contributed by atoms with Crippen LogP contribution in [0.25, 0.3) is 11.1 Å². The molecule has 2 aromatic rings. The van der Waals surface area contributed by atoms with Crippen LogP contribution in [0.3, 0.4) is 0 Å². The molecule has 29 heavy (non-hydrogen) atoms. The lowest BCUT2D eigenvalue weighted by atomic mass is 9.82. The molecule has 1 aromatic carbocycles. The number of nitrogens with zero attached hydrogens (tertiary/aromatic N) is 3. The number of carbonyl (C=O) groups excluding carboxylic acids is 1. The minimum atomic E-state index is -0.0269. The Balaban J connectivity index is 0.00000240. The summed E-state index contributed by atoms with van der Waals surface area (Å²) < 4.78 is 5.92. The summed E-state index contributed by atoms with van der Waals surface area (Å²) in [7, 11) is 2.24. The molecule has 1 amide bonds. The number of hydrogen-bond donors (Lipinski definition) is 1. The average Bonchev–Trinajstić information content (AvgIpc) is 3.09. The first-order chi connectivity index (χ1) is 13.6. The maximum Gasteiger partial charge on any atom is 0.253 e. The van der Waals surface area contributed by atoms with Crippen molar-refractivity contribution in [3.05, 3.63) is 29.7 Å². The second-order valence-electron chi connectivity index (χ2n) is 8.27. The van der Waals surface area contributed by atoms with E-state index in [0.29, 0.717) is 41.2 Å². The Morgan fingerprint density at radius 2 is 1.93 bits per heavy atom. The molecule has 2 saturated heterocycles. The van der Waals surface area contributed by atoms with Crippen LogP contribution in [0.15, 0.2) is 22.6 Å². The Morgan fingerprint density at radius 1 is 1.24 bits per heavy atom. The molecule has 0 radical (unpaired) electrons. The fourth-order valence-electron chi connectivity index (χ4n) is 4.88. The molecule has 7 heteroatoms. The van der Waals surface area contributed by atoms with Crippen LogP contribution in [0.1, 0.15) is 62.2 Å². The summed E-state index contributed by atoms with van der Waals surface area (Å²) in [4.78, 5) is 22.5. The SMILES string of the molecule is CCN(CC)Cc1nc2c(C(=O)NC3CC4CCCC(C3)N4C)cccc2o1.Cl. The van der Waals surface area contributed by atoms with Gasteiger partial charge in [0.1, 0.15) is 5.52 Å². The number of para-hydroxylation sites is 1. The zero-order valence-electron chi connectivity index (χ0n) is 17.7. The molecule has 2 unspecified atom stereocenters. The molecule has 0 aliphatic carbocycles. The van der Waals surface area contributed by atoms with E-state index in [2.05, 4.69) is 41.0 Å². The number of halogens is 1. The molecule has 2 aliphatic heterocycles. The molecule has 0 saturated carbocycles. The van der Waals surface area contributed by atoms with E-state index in [-0.39, 0.29) is 24.4 Å². The average molecular weight is 421 g/mol. The lowest BCUT2D eigenvalue weighted by molar-refractivity contribution is 0.0463. The summed E-state index contributed by atoms with van der Waals surface area (Å²) in [6.45, 7) is 6.81. The third kappa shape index (κ3) is 4.60. The van der Waals surface area contributed by atoms with Gasteiger partial charge in [-0.2, -0.15) is 0 Å². The van der Waals surface area contributed by atoms with E-state index >= 15 is 0 Å². The number of hydrogen-bond acceptors (Lipinski definition) is 5. The molecule has 3 heterocycles. The number of nitrogens with one attached hydrogen (secondary N) is 1. The van der Waals surface area contributed by atoms with Crippen LogP contribution in [0.4, 0.5) is 0 Å². The Morgan fingerprint density at radius 3 is 2.59 bits per heavy atom. The van der Waals surface area contributed by atoms with Crippen LogP contribution >= 0.6 is 12.4 Å². The first kappa shape index (κ1) is 22.1. The molecule has 1 N–H and O–H groups in total. The van der Waals surface area contributed by atoms with Crippen LogP contribution in [-0.4, -0.2) is 59.0 Å². The van der Waals surface area contributed by atoms with Crippen LogP contribution in [0.2, 0.25) is 0 Å². The topological polar surface area (TPSA) is 61.6 Å². The standard InChI is InChI=1S/C22H32N4O2.ClH/c1-4-26(5-2)14-20-24-21-18(10-7-11-19(21)28-20)22(27)23-15-12-16-8-6-9-17(13-15)25(16)3;/h7,10-11,15-17H,4-6,8-9,12-14H2,1-3H3,(H,23,27);1H. The summed E-state index contributed by atoms with van der Waals surface area (Å²) in [6.07, 6.45) is 5.88. The van der Waals surface area contributed by atoms with Gasteiger partial charge in [0, 0.05) is 18.1 Å². The van der Waals surface area contributed by atoms with Crippen molar-refractivity contribution in [3.63, 3.8) is 0 Å². The minimum Gasteiger partial charge on any atom is -0.439 e. The van der Waals surface area contributed by atoms with Gasteiger partial charge in [-0.3, -0.25) is 9.69 Å². The number of fused-ring (bicyclic) bond motifs is 3. The first-order valence-corrected chi connectivity index (χ1v) is 10.7. The van der Waals surface area contributed by atoms with Gasteiger partial charge in [0.25, 0.3) is 5.91 Å². The Hall–Kier alpha value is -1.63. The zero-order chi connectivity index (χ0) is 19.7. The molecular formula is C22H33ClN4O2. The van der Waals surface area contributed by atoms with Crippen molar-refractivity contribution in [2.24, 2.45) is 0 Å². The molecule has 160 valence electrons. The van der Waals surface area contributed by atoms with Crippen LogP contribution < -0.4 is 5.32 Å². The second kappa shape index (κ2) is 9.45. The third-order valence-corrected chi connectivity index (χ3v) is 6.64. The maximum absolute atomic E-state index is 13.1.